The molecule has 0 amide bonds. The summed E-state index contributed by atoms with van der Waals surface area (Å²) in [6.45, 7) is 7.88. The average molecular weight is 359 g/mol. The van der Waals surface area contributed by atoms with Crippen molar-refractivity contribution in [1.29, 1.82) is 0 Å². The first-order valence-corrected chi connectivity index (χ1v) is 10.0. The molecule has 0 aliphatic heterocycles. The van der Waals surface area contributed by atoms with Gasteiger partial charge in [-0.15, -0.1) is 0 Å². The maximum atomic E-state index is 10.8. The Morgan fingerprint density at radius 2 is 1.73 bits per heavy atom. The molecule has 4 nitrogen and oxygen atoms in total. The van der Waals surface area contributed by atoms with E-state index in [1.165, 1.54) is 38.8 Å². The van der Waals surface area contributed by atoms with Crippen LogP contribution in [0, 0.1) is 0 Å². The number of nitrogens with zero attached hydrogens (tertiary/aromatic N) is 2. The number of hydrogen-bond acceptors (Lipinski definition) is 4. The first-order chi connectivity index (χ1) is 12.7. The van der Waals surface area contributed by atoms with E-state index < -0.39 is 6.10 Å². The molecular weight excluding hydrogens is 324 g/mol. The van der Waals surface area contributed by atoms with Crippen LogP contribution in [0.15, 0.2) is 30.5 Å². The Hall–Kier alpha value is -1.65. The van der Waals surface area contributed by atoms with Crippen LogP contribution < -0.4 is 4.74 Å². The summed E-state index contributed by atoms with van der Waals surface area (Å²) >= 11 is 0. The Bertz CT molecular complexity index is 652. The van der Waals surface area contributed by atoms with Crippen molar-refractivity contribution in [2.45, 2.75) is 58.5 Å². The topological polar surface area (TPSA) is 45.6 Å². The third-order valence-electron chi connectivity index (χ3n) is 4.95. The van der Waals surface area contributed by atoms with Gasteiger partial charge in [-0.3, -0.25) is 4.98 Å². The maximum absolute atomic E-state index is 10.8. The van der Waals surface area contributed by atoms with Gasteiger partial charge in [0.15, 0.2) is 0 Å². The Morgan fingerprint density at radius 3 is 2.38 bits per heavy atom. The number of fused-ring (bicyclic) bond motifs is 1. The van der Waals surface area contributed by atoms with Crippen molar-refractivity contribution in [3.63, 3.8) is 0 Å². The molecule has 1 N–H and O–H groups in total. The van der Waals surface area contributed by atoms with Gasteiger partial charge in [0.2, 0.25) is 0 Å². The number of methoxy groups -OCH3 is 1. The normalized spacial score (nSPS) is 12.7. The van der Waals surface area contributed by atoms with E-state index >= 15 is 0 Å². The zero-order chi connectivity index (χ0) is 18.8. The van der Waals surface area contributed by atoms with Crippen LogP contribution in [0.5, 0.6) is 5.75 Å². The molecule has 0 saturated heterocycles. The molecular formula is C22H34N2O2. The second kappa shape index (κ2) is 11.1. The minimum Gasteiger partial charge on any atom is -0.497 e. The molecule has 0 fully saturated rings. The van der Waals surface area contributed by atoms with Gasteiger partial charge in [0.05, 0.1) is 18.7 Å². The molecule has 1 aromatic heterocycles. The van der Waals surface area contributed by atoms with E-state index in [0.29, 0.717) is 0 Å². The molecule has 0 spiro atoms. The molecule has 1 atom stereocenters. The van der Waals surface area contributed by atoms with Crippen molar-refractivity contribution in [3.05, 3.63) is 36.0 Å². The van der Waals surface area contributed by atoms with Gasteiger partial charge in [-0.25, -0.2) is 0 Å². The second-order valence-electron chi connectivity index (χ2n) is 6.99. The van der Waals surface area contributed by atoms with E-state index in [0.717, 1.165) is 41.6 Å². The molecule has 0 aliphatic carbocycles. The lowest BCUT2D eigenvalue weighted by Gasteiger charge is -2.22. The molecule has 4 heteroatoms. The lowest BCUT2D eigenvalue weighted by atomic mass is 10.0. The highest BCUT2D eigenvalue weighted by molar-refractivity contribution is 5.83. The minimum absolute atomic E-state index is 0.466. The van der Waals surface area contributed by atoms with Gasteiger partial charge < -0.3 is 14.7 Å². The number of rotatable bonds is 12. The standard InChI is InChI=1S/C22H34N2O2/c1-4-6-14-24(15-7-5-2)16-8-9-22(25)19-12-13-23-21-11-10-18(26-3)17-20(19)21/h10-13,17,22,25H,4-9,14-16H2,1-3H3. The highest BCUT2D eigenvalue weighted by Gasteiger charge is 2.13. The number of hydrogen-bond donors (Lipinski definition) is 1. The predicted octanol–water partition coefficient (Wildman–Crippen LogP) is 4.96. The molecule has 0 bridgehead atoms. The summed E-state index contributed by atoms with van der Waals surface area (Å²) in [5.74, 6) is 0.796. The van der Waals surface area contributed by atoms with Crippen molar-refractivity contribution in [2.75, 3.05) is 26.7 Å². The predicted molar refractivity (Wildman–Crippen MR) is 109 cm³/mol. The summed E-state index contributed by atoms with van der Waals surface area (Å²) < 4.78 is 5.33. The van der Waals surface area contributed by atoms with E-state index in [1.807, 2.05) is 24.3 Å². The Morgan fingerprint density at radius 1 is 1.04 bits per heavy atom. The van der Waals surface area contributed by atoms with Gasteiger partial charge in [-0.1, -0.05) is 26.7 Å². The summed E-state index contributed by atoms with van der Waals surface area (Å²) in [6.07, 6.45) is 8.05. The summed E-state index contributed by atoms with van der Waals surface area (Å²) in [4.78, 5) is 6.95. The average Bonchev–Trinajstić information content (AvgIpc) is 2.68. The SMILES string of the molecule is CCCCN(CCCC)CCCC(O)c1ccnc2ccc(OC)cc12. The van der Waals surface area contributed by atoms with E-state index in [1.54, 1.807) is 13.3 Å². The second-order valence-corrected chi connectivity index (χ2v) is 6.99. The van der Waals surface area contributed by atoms with Gasteiger partial charge >= 0.3 is 0 Å². The summed E-state index contributed by atoms with van der Waals surface area (Å²) in [6, 6.07) is 7.75. The van der Waals surface area contributed by atoms with Crippen LogP contribution in [0.25, 0.3) is 10.9 Å². The number of pyridine rings is 1. The lowest BCUT2D eigenvalue weighted by molar-refractivity contribution is 0.156. The smallest absolute Gasteiger partial charge is 0.119 e. The molecule has 1 heterocycles. The highest BCUT2D eigenvalue weighted by atomic mass is 16.5. The molecule has 2 rings (SSSR count). The van der Waals surface area contributed by atoms with Crippen LogP contribution in [0.3, 0.4) is 0 Å². The number of unbranched alkanes of at least 4 members (excludes halogenated alkanes) is 2. The van der Waals surface area contributed by atoms with E-state index in [2.05, 4.69) is 23.7 Å². The van der Waals surface area contributed by atoms with Crippen LogP contribution in [0.4, 0.5) is 0 Å². The summed E-state index contributed by atoms with van der Waals surface area (Å²) in [7, 11) is 1.66. The number of aliphatic hydroxyl groups is 1. The van der Waals surface area contributed by atoms with Crippen LogP contribution in [0.2, 0.25) is 0 Å². The zero-order valence-corrected chi connectivity index (χ0v) is 16.6. The Balaban J connectivity index is 1.98. The third-order valence-corrected chi connectivity index (χ3v) is 4.95. The van der Waals surface area contributed by atoms with Crippen molar-refractivity contribution < 1.29 is 9.84 Å². The first-order valence-electron chi connectivity index (χ1n) is 10.0. The number of ether oxygens (including phenoxy) is 1. The number of aliphatic hydroxyl groups excluding tert-OH is 1. The van der Waals surface area contributed by atoms with Gasteiger partial charge in [0.25, 0.3) is 0 Å². The van der Waals surface area contributed by atoms with E-state index in [-0.39, 0.29) is 0 Å². The quantitative estimate of drug-likeness (QED) is 0.582. The van der Waals surface area contributed by atoms with Crippen molar-refractivity contribution >= 4 is 10.9 Å². The van der Waals surface area contributed by atoms with Crippen LogP contribution in [0.1, 0.15) is 64.0 Å². The van der Waals surface area contributed by atoms with Crippen molar-refractivity contribution in [3.8, 4) is 5.75 Å². The fourth-order valence-electron chi connectivity index (χ4n) is 3.33. The maximum Gasteiger partial charge on any atom is 0.119 e. The third kappa shape index (κ3) is 5.96. The molecule has 1 aromatic carbocycles. The van der Waals surface area contributed by atoms with Crippen LogP contribution >= 0.6 is 0 Å². The lowest BCUT2D eigenvalue weighted by Crippen LogP contribution is -2.27. The van der Waals surface area contributed by atoms with Crippen LogP contribution in [-0.4, -0.2) is 41.7 Å². The Labute approximate surface area is 158 Å². The van der Waals surface area contributed by atoms with Crippen molar-refractivity contribution in [2.24, 2.45) is 0 Å². The van der Waals surface area contributed by atoms with Crippen LogP contribution in [-0.2, 0) is 0 Å². The Kier molecular flexibility index (Phi) is 8.86. The van der Waals surface area contributed by atoms with Gasteiger partial charge in [-0.2, -0.15) is 0 Å². The molecule has 2 aromatic rings. The molecule has 0 saturated carbocycles. The monoisotopic (exact) mass is 358 g/mol. The van der Waals surface area contributed by atoms with E-state index in [4.69, 9.17) is 4.74 Å². The summed E-state index contributed by atoms with van der Waals surface area (Å²) in [5, 5.41) is 11.7. The van der Waals surface area contributed by atoms with Gasteiger partial charge in [-0.05, 0) is 75.1 Å². The molecule has 0 radical (unpaired) electrons. The number of aromatic nitrogens is 1. The van der Waals surface area contributed by atoms with E-state index in [9.17, 15) is 5.11 Å². The zero-order valence-electron chi connectivity index (χ0n) is 16.6. The molecule has 0 aliphatic rings. The highest BCUT2D eigenvalue weighted by Crippen LogP contribution is 2.28. The van der Waals surface area contributed by atoms with Crippen molar-refractivity contribution in [1.82, 2.24) is 9.88 Å². The molecule has 26 heavy (non-hydrogen) atoms. The first kappa shape index (κ1) is 20.7. The minimum atomic E-state index is -0.466. The van der Waals surface area contributed by atoms with Gasteiger partial charge in [0.1, 0.15) is 5.75 Å². The molecule has 1 unspecified atom stereocenters. The number of benzene rings is 1. The molecule has 144 valence electrons. The summed E-state index contributed by atoms with van der Waals surface area (Å²) in [5.41, 5.74) is 1.84. The van der Waals surface area contributed by atoms with Gasteiger partial charge in [0, 0.05) is 11.6 Å². The largest absolute Gasteiger partial charge is 0.497 e. The fraction of sp³-hybridized carbons (Fsp3) is 0.591. The fourth-order valence-corrected chi connectivity index (χ4v) is 3.33.